The fraction of sp³-hybridized carbons (Fsp3) is 0.368. The zero-order chi connectivity index (χ0) is 20.1. The Bertz CT molecular complexity index is 928. The summed E-state index contributed by atoms with van der Waals surface area (Å²) >= 11 is 0. The lowest BCUT2D eigenvalue weighted by atomic mass is 10.1. The first-order valence-electron chi connectivity index (χ1n) is 9.06. The molecule has 2 heterocycles. The summed E-state index contributed by atoms with van der Waals surface area (Å²) < 4.78 is 34.0. The van der Waals surface area contributed by atoms with Crippen LogP contribution in [0.3, 0.4) is 0 Å². The van der Waals surface area contributed by atoms with Crippen molar-refractivity contribution in [2.75, 3.05) is 26.7 Å². The quantitative estimate of drug-likeness (QED) is 0.711. The third-order valence-corrected chi connectivity index (χ3v) is 6.21. The predicted octanol–water partition coefficient (Wildman–Crippen LogP) is 0.985. The lowest BCUT2D eigenvalue weighted by Gasteiger charge is -2.23. The Kier molecular flexibility index (Phi) is 6.28. The number of nitrogens with one attached hydrogen (secondary N) is 1. The van der Waals surface area contributed by atoms with Crippen LogP contribution in [0.5, 0.6) is 5.75 Å². The minimum Gasteiger partial charge on any atom is -0.495 e. The Morgan fingerprint density at radius 1 is 1.25 bits per heavy atom. The van der Waals surface area contributed by atoms with Crippen molar-refractivity contribution in [3.05, 3.63) is 42.7 Å². The number of nitrogens with zero attached hydrogens (tertiary/aromatic N) is 2. The summed E-state index contributed by atoms with van der Waals surface area (Å²) in [5, 5.41) is 0. The average Bonchev–Trinajstić information content (AvgIpc) is 3.26. The van der Waals surface area contributed by atoms with Crippen molar-refractivity contribution in [3.63, 3.8) is 0 Å². The number of benzene rings is 1. The van der Waals surface area contributed by atoms with E-state index in [1.165, 1.54) is 13.2 Å². The van der Waals surface area contributed by atoms with Gasteiger partial charge in [-0.15, -0.1) is 0 Å². The summed E-state index contributed by atoms with van der Waals surface area (Å²) in [4.78, 5) is 18.2. The van der Waals surface area contributed by atoms with Crippen LogP contribution in [-0.2, 0) is 14.8 Å². The first-order chi connectivity index (χ1) is 13.5. The predicted molar refractivity (Wildman–Crippen MR) is 105 cm³/mol. The number of pyridine rings is 1. The smallest absolute Gasteiger partial charge is 0.245 e. The van der Waals surface area contributed by atoms with Crippen LogP contribution in [0.1, 0.15) is 12.8 Å². The molecular formula is C19H24N4O4S. The van der Waals surface area contributed by atoms with E-state index in [2.05, 4.69) is 9.71 Å². The highest BCUT2D eigenvalue weighted by Crippen LogP contribution is 2.35. The molecule has 0 bridgehead atoms. The first kappa shape index (κ1) is 20.2. The van der Waals surface area contributed by atoms with E-state index >= 15 is 0 Å². The van der Waals surface area contributed by atoms with E-state index in [1.807, 2.05) is 0 Å². The summed E-state index contributed by atoms with van der Waals surface area (Å²) in [5.74, 6) is -0.0987. The molecule has 2 aromatic rings. The van der Waals surface area contributed by atoms with Crippen LogP contribution in [0.4, 0.5) is 0 Å². The van der Waals surface area contributed by atoms with Gasteiger partial charge in [0, 0.05) is 37.6 Å². The fourth-order valence-electron chi connectivity index (χ4n) is 3.30. The van der Waals surface area contributed by atoms with Crippen molar-refractivity contribution in [3.8, 4) is 16.9 Å². The Hall–Kier alpha value is -2.49. The van der Waals surface area contributed by atoms with Gasteiger partial charge < -0.3 is 15.4 Å². The summed E-state index contributed by atoms with van der Waals surface area (Å²) in [7, 11) is -2.63. The third kappa shape index (κ3) is 4.16. The molecule has 1 fully saturated rings. The van der Waals surface area contributed by atoms with Gasteiger partial charge in [-0.05, 0) is 36.6 Å². The molecule has 28 heavy (non-hydrogen) atoms. The van der Waals surface area contributed by atoms with Gasteiger partial charge in [0.25, 0.3) is 0 Å². The molecule has 1 saturated heterocycles. The molecular weight excluding hydrogens is 380 g/mol. The van der Waals surface area contributed by atoms with Crippen molar-refractivity contribution >= 4 is 15.9 Å². The summed E-state index contributed by atoms with van der Waals surface area (Å²) in [5.41, 5.74) is 7.09. The van der Waals surface area contributed by atoms with Gasteiger partial charge in [-0.1, -0.05) is 12.1 Å². The standard InChI is InChI=1S/C19H24N4O4S/c1-27-18-15(14-7-9-21-10-8-14)5-4-6-17(18)28(25,26)22-16(13-20)19(24)23-11-2-3-12-23/h4-10,16,22H,2-3,11-13,20H2,1H3/t16-/m0/s1. The van der Waals surface area contributed by atoms with Crippen molar-refractivity contribution in [1.29, 1.82) is 0 Å². The van der Waals surface area contributed by atoms with Crippen LogP contribution >= 0.6 is 0 Å². The normalized spacial score (nSPS) is 15.4. The Morgan fingerprint density at radius 2 is 1.93 bits per heavy atom. The number of rotatable bonds is 7. The van der Waals surface area contributed by atoms with E-state index in [4.69, 9.17) is 10.5 Å². The molecule has 0 saturated carbocycles. The third-order valence-electron chi connectivity index (χ3n) is 4.71. The number of amides is 1. The zero-order valence-corrected chi connectivity index (χ0v) is 16.5. The van der Waals surface area contributed by atoms with E-state index in [-0.39, 0.29) is 23.1 Å². The molecule has 0 radical (unpaired) electrons. The molecule has 1 aromatic carbocycles. The maximum absolute atomic E-state index is 13.1. The SMILES string of the molecule is COc1c(-c2ccncc2)cccc1S(=O)(=O)N[C@@H](CN)C(=O)N1CCCC1. The van der Waals surface area contributed by atoms with Crippen LogP contribution in [0.25, 0.3) is 11.1 Å². The molecule has 8 nitrogen and oxygen atoms in total. The molecule has 0 aliphatic carbocycles. The number of sulfonamides is 1. The highest BCUT2D eigenvalue weighted by Gasteiger charge is 2.31. The molecule has 1 aromatic heterocycles. The highest BCUT2D eigenvalue weighted by molar-refractivity contribution is 7.89. The number of nitrogens with two attached hydrogens (primary N) is 1. The number of para-hydroxylation sites is 1. The van der Waals surface area contributed by atoms with Crippen molar-refractivity contribution in [2.24, 2.45) is 5.73 Å². The summed E-state index contributed by atoms with van der Waals surface area (Å²) in [6.45, 7) is 1.12. The number of hydrogen-bond donors (Lipinski definition) is 2. The van der Waals surface area contributed by atoms with Crippen LogP contribution in [-0.4, -0.2) is 57.0 Å². The largest absolute Gasteiger partial charge is 0.495 e. The van der Waals surface area contributed by atoms with Gasteiger partial charge in [-0.2, -0.15) is 4.72 Å². The minimum atomic E-state index is -4.04. The van der Waals surface area contributed by atoms with E-state index in [1.54, 1.807) is 41.6 Å². The Balaban J connectivity index is 1.94. The van der Waals surface area contributed by atoms with Gasteiger partial charge in [-0.25, -0.2) is 8.42 Å². The van der Waals surface area contributed by atoms with Gasteiger partial charge in [0.1, 0.15) is 16.7 Å². The second-order valence-electron chi connectivity index (χ2n) is 6.51. The highest BCUT2D eigenvalue weighted by atomic mass is 32.2. The van der Waals surface area contributed by atoms with Crippen LogP contribution < -0.4 is 15.2 Å². The first-order valence-corrected chi connectivity index (χ1v) is 10.5. The molecule has 3 N–H and O–H groups in total. The monoisotopic (exact) mass is 404 g/mol. The van der Waals surface area contributed by atoms with Crippen LogP contribution in [0.2, 0.25) is 0 Å². The average molecular weight is 404 g/mol. The van der Waals surface area contributed by atoms with Crippen molar-refractivity contribution in [1.82, 2.24) is 14.6 Å². The number of likely N-dealkylation sites (tertiary alicyclic amines) is 1. The number of hydrogen-bond acceptors (Lipinski definition) is 6. The van der Waals surface area contributed by atoms with Crippen molar-refractivity contribution in [2.45, 2.75) is 23.8 Å². The van der Waals surface area contributed by atoms with E-state index in [0.29, 0.717) is 18.7 Å². The molecule has 1 amide bonds. The molecule has 0 unspecified atom stereocenters. The molecule has 3 rings (SSSR count). The molecule has 1 atom stereocenters. The molecule has 1 aliphatic heterocycles. The molecule has 1 aliphatic rings. The van der Waals surface area contributed by atoms with Gasteiger partial charge in [0.15, 0.2) is 0 Å². The van der Waals surface area contributed by atoms with Crippen LogP contribution in [0, 0.1) is 0 Å². The summed E-state index contributed by atoms with van der Waals surface area (Å²) in [6, 6.07) is 7.36. The second kappa shape index (κ2) is 8.68. The van der Waals surface area contributed by atoms with Gasteiger partial charge >= 0.3 is 0 Å². The van der Waals surface area contributed by atoms with Crippen molar-refractivity contribution < 1.29 is 17.9 Å². The minimum absolute atomic E-state index is 0.0445. The second-order valence-corrected chi connectivity index (χ2v) is 8.20. The number of carbonyl (C=O) groups excluding carboxylic acids is 1. The van der Waals surface area contributed by atoms with E-state index in [9.17, 15) is 13.2 Å². The molecule has 150 valence electrons. The maximum Gasteiger partial charge on any atom is 0.245 e. The van der Waals surface area contributed by atoms with E-state index in [0.717, 1.165) is 18.4 Å². The topological polar surface area (TPSA) is 115 Å². The van der Waals surface area contributed by atoms with E-state index < -0.39 is 16.1 Å². The van der Waals surface area contributed by atoms with Gasteiger partial charge in [0.2, 0.25) is 15.9 Å². The van der Waals surface area contributed by atoms with Crippen LogP contribution in [0.15, 0.2) is 47.6 Å². The lowest BCUT2D eigenvalue weighted by Crippen LogP contribution is -2.51. The number of carbonyl (C=O) groups is 1. The lowest BCUT2D eigenvalue weighted by molar-refractivity contribution is -0.131. The molecule has 9 heteroatoms. The zero-order valence-electron chi connectivity index (χ0n) is 15.7. The number of methoxy groups -OCH3 is 1. The number of aromatic nitrogens is 1. The Morgan fingerprint density at radius 3 is 2.54 bits per heavy atom. The van der Waals surface area contributed by atoms with Gasteiger partial charge in [0.05, 0.1) is 7.11 Å². The summed E-state index contributed by atoms with van der Waals surface area (Å²) in [6.07, 6.45) is 5.07. The molecule has 0 spiro atoms. The number of ether oxygens (including phenoxy) is 1. The van der Waals surface area contributed by atoms with Gasteiger partial charge in [-0.3, -0.25) is 9.78 Å². The fourth-order valence-corrected chi connectivity index (χ4v) is 4.70. The Labute approximate surface area is 164 Å². The maximum atomic E-state index is 13.1.